The van der Waals surface area contributed by atoms with Crippen LogP contribution in [0.5, 0.6) is 0 Å². The Bertz CT molecular complexity index is 572. The number of hydroxylamine groups is 1. The minimum absolute atomic E-state index is 0.0147. The number of halogens is 1. The predicted octanol–water partition coefficient (Wildman–Crippen LogP) is 2.17. The summed E-state index contributed by atoms with van der Waals surface area (Å²) in [6.07, 6.45) is 3.54. The maximum Gasteiger partial charge on any atom is 0.259 e. The second-order valence-corrected chi connectivity index (χ2v) is 5.78. The number of nitrogens with one attached hydrogen (secondary N) is 1. The molecule has 0 spiro atoms. The molecule has 2 fully saturated rings. The van der Waals surface area contributed by atoms with E-state index in [1.807, 2.05) is 0 Å². The fourth-order valence-corrected chi connectivity index (χ4v) is 3.07. The molecule has 22 heavy (non-hydrogen) atoms. The molecule has 1 aromatic rings. The first-order valence-corrected chi connectivity index (χ1v) is 7.68. The Labute approximate surface area is 128 Å². The molecule has 2 aliphatic rings. The molecule has 3 rings (SSSR count). The van der Waals surface area contributed by atoms with E-state index in [1.165, 1.54) is 11.0 Å². The standard InChI is InChI=1S/C16H19FN2O3/c17-12-7-3-4-8-13(12)19-10-9-14(16(19)21)22-18-15(20)11-5-1-2-6-11/h3-4,7-8,11,14H,1-2,5-6,9-10H2,(H,18,20)/t14-/m0/s1. The Morgan fingerprint density at radius 3 is 2.68 bits per heavy atom. The van der Waals surface area contributed by atoms with Crippen LogP contribution in [0.3, 0.4) is 0 Å². The van der Waals surface area contributed by atoms with E-state index < -0.39 is 11.9 Å². The monoisotopic (exact) mass is 306 g/mol. The van der Waals surface area contributed by atoms with Gasteiger partial charge >= 0.3 is 0 Å². The Morgan fingerprint density at radius 1 is 1.23 bits per heavy atom. The number of para-hydroxylation sites is 1. The minimum Gasteiger partial charge on any atom is -0.307 e. The maximum atomic E-state index is 13.8. The normalized spacial score (nSPS) is 22.3. The van der Waals surface area contributed by atoms with Crippen molar-refractivity contribution >= 4 is 17.5 Å². The number of carbonyl (C=O) groups is 2. The lowest BCUT2D eigenvalue weighted by Crippen LogP contribution is -2.38. The SMILES string of the molecule is O=C(NO[C@H]1CCN(c2ccccc2F)C1=O)C1CCCC1. The second-order valence-electron chi connectivity index (χ2n) is 5.78. The van der Waals surface area contributed by atoms with Crippen molar-refractivity contribution in [1.82, 2.24) is 5.48 Å². The van der Waals surface area contributed by atoms with Crippen LogP contribution in [0.25, 0.3) is 0 Å². The number of anilines is 1. The molecule has 1 atom stereocenters. The van der Waals surface area contributed by atoms with Gasteiger partial charge in [0.15, 0.2) is 6.10 Å². The summed E-state index contributed by atoms with van der Waals surface area (Å²) in [5.41, 5.74) is 2.65. The summed E-state index contributed by atoms with van der Waals surface area (Å²) in [7, 11) is 0. The van der Waals surface area contributed by atoms with Crippen molar-refractivity contribution in [3.05, 3.63) is 30.1 Å². The van der Waals surface area contributed by atoms with Gasteiger partial charge in [-0.1, -0.05) is 25.0 Å². The molecule has 1 aliphatic heterocycles. The molecule has 5 nitrogen and oxygen atoms in total. The summed E-state index contributed by atoms with van der Waals surface area (Å²) in [5, 5.41) is 0. The first-order chi connectivity index (χ1) is 10.7. The third-order valence-corrected chi connectivity index (χ3v) is 4.33. The van der Waals surface area contributed by atoms with Crippen LogP contribution in [-0.2, 0) is 14.4 Å². The summed E-state index contributed by atoms with van der Waals surface area (Å²) < 4.78 is 13.8. The Balaban J connectivity index is 1.57. The van der Waals surface area contributed by atoms with E-state index in [0.717, 1.165) is 25.7 Å². The lowest BCUT2D eigenvalue weighted by Gasteiger charge is -2.18. The smallest absolute Gasteiger partial charge is 0.259 e. The Hall–Kier alpha value is -1.95. The zero-order valence-electron chi connectivity index (χ0n) is 12.3. The molecule has 0 unspecified atom stereocenters. The van der Waals surface area contributed by atoms with Gasteiger partial charge in [-0.05, 0) is 25.0 Å². The first kappa shape index (κ1) is 15.0. The van der Waals surface area contributed by atoms with Crippen molar-refractivity contribution in [1.29, 1.82) is 0 Å². The van der Waals surface area contributed by atoms with Crippen LogP contribution in [0.15, 0.2) is 24.3 Å². The van der Waals surface area contributed by atoms with Gasteiger partial charge in [0.05, 0.1) is 5.69 Å². The highest BCUT2D eigenvalue weighted by atomic mass is 19.1. The maximum absolute atomic E-state index is 13.8. The number of carbonyl (C=O) groups excluding carboxylic acids is 2. The summed E-state index contributed by atoms with van der Waals surface area (Å²) >= 11 is 0. The van der Waals surface area contributed by atoms with E-state index in [4.69, 9.17) is 4.84 Å². The molecule has 0 bridgehead atoms. The van der Waals surface area contributed by atoms with Gasteiger partial charge in [-0.15, -0.1) is 0 Å². The van der Waals surface area contributed by atoms with Crippen LogP contribution in [0.1, 0.15) is 32.1 Å². The zero-order chi connectivity index (χ0) is 15.5. The minimum atomic E-state index is -0.745. The number of nitrogens with zero attached hydrogens (tertiary/aromatic N) is 1. The van der Waals surface area contributed by atoms with Gasteiger partial charge in [-0.25, -0.2) is 9.87 Å². The average Bonchev–Trinajstić information content (AvgIpc) is 3.16. The highest BCUT2D eigenvalue weighted by Crippen LogP contribution is 2.26. The fourth-order valence-electron chi connectivity index (χ4n) is 3.07. The van der Waals surface area contributed by atoms with Crippen LogP contribution in [-0.4, -0.2) is 24.5 Å². The number of hydrogen-bond acceptors (Lipinski definition) is 3. The molecule has 0 radical (unpaired) electrons. The largest absolute Gasteiger partial charge is 0.307 e. The number of benzene rings is 1. The molecule has 2 amide bonds. The van der Waals surface area contributed by atoms with Crippen molar-refractivity contribution in [2.75, 3.05) is 11.4 Å². The van der Waals surface area contributed by atoms with E-state index in [0.29, 0.717) is 13.0 Å². The molecular weight excluding hydrogens is 287 g/mol. The second kappa shape index (κ2) is 6.44. The predicted molar refractivity (Wildman–Crippen MR) is 78.3 cm³/mol. The van der Waals surface area contributed by atoms with Gasteiger partial charge < -0.3 is 4.90 Å². The van der Waals surface area contributed by atoms with Crippen LogP contribution in [0.4, 0.5) is 10.1 Å². The zero-order valence-corrected chi connectivity index (χ0v) is 12.3. The van der Waals surface area contributed by atoms with Crippen LogP contribution in [0, 0.1) is 11.7 Å². The molecule has 1 saturated heterocycles. The molecule has 1 N–H and O–H groups in total. The Morgan fingerprint density at radius 2 is 1.95 bits per heavy atom. The van der Waals surface area contributed by atoms with E-state index in [2.05, 4.69) is 5.48 Å². The Kier molecular flexibility index (Phi) is 4.38. The van der Waals surface area contributed by atoms with E-state index in [1.54, 1.807) is 18.2 Å². The van der Waals surface area contributed by atoms with Gasteiger partial charge in [-0.2, -0.15) is 0 Å². The molecular formula is C16H19FN2O3. The highest BCUT2D eigenvalue weighted by Gasteiger charge is 2.36. The van der Waals surface area contributed by atoms with E-state index in [9.17, 15) is 14.0 Å². The van der Waals surface area contributed by atoms with E-state index >= 15 is 0 Å². The van der Waals surface area contributed by atoms with Crippen LogP contribution >= 0.6 is 0 Å². The summed E-state index contributed by atoms with van der Waals surface area (Å²) in [5.74, 6) is -0.933. The molecule has 6 heteroatoms. The number of amides is 2. The van der Waals surface area contributed by atoms with E-state index in [-0.39, 0.29) is 23.4 Å². The highest BCUT2D eigenvalue weighted by molar-refractivity contribution is 5.99. The van der Waals surface area contributed by atoms with Crippen molar-refractivity contribution < 1.29 is 18.8 Å². The van der Waals surface area contributed by atoms with Crippen molar-refractivity contribution in [3.8, 4) is 0 Å². The van der Waals surface area contributed by atoms with Crippen LogP contribution in [0.2, 0.25) is 0 Å². The molecule has 1 aromatic carbocycles. The van der Waals surface area contributed by atoms with Crippen molar-refractivity contribution in [2.24, 2.45) is 5.92 Å². The summed E-state index contributed by atoms with van der Waals surface area (Å²) in [6, 6.07) is 6.14. The van der Waals surface area contributed by atoms with Gasteiger partial charge in [0.1, 0.15) is 5.82 Å². The average molecular weight is 306 g/mol. The molecule has 118 valence electrons. The molecule has 0 aromatic heterocycles. The quantitative estimate of drug-likeness (QED) is 0.867. The number of rotatable bonds is 4. The first-order valence-electron chi connectivity index (χ1n) is 7.68. The lowest BCUT2D eigenvalue weighted by atomic mass is 10.1. The molecule has 1 heterocycles. The third kappa shape index (κ3) is 2.97. The summed E-state index contributed by atoms with van der Waals surface area (Å²) in [6.45, 7) is 0.379. The van der Waals surface area contributed by atoms with Crippen LogP contribution < -0.4 is 10.4 Å². The van der Waals surface area contributed by atoms with Crippen molar-refractivity contribution in [2.45, 2.75) is 38.2 Å². The third-order valence-electron chi connectivity index (χ3n) is 4.33. The van der Waals surface area contributed by atoms with Crippen molar-refractivity contribution in [3.63, 3.8) is 0 Å². The molecule has 1 aliphatic carbocycles. The van der Waals surface area contributed by atoms with Gasteiger partial charge in [-0.3, -0.25) is 14.4 Å². The number of hydrogen-bond donors (Lipinski definition) is 1. The van der Waals surface area contributed by atoms with Gasteiger partial charge in [0.2, 0.25) is 5.91 Å². The lowest BCUT2D eigenvalue weighted by molar-refractivity contribution is -0.147. The fraction of sp³-hybridized carbons (Fsp3) is 0.500. The summed E-state index contributed by atoms with van der Waals surface area (Å²) in [4.78, 5) is 30.8. The topological polar surface area (TPSA) is 58.6 Å². The van der Waals surface area contributed by atoms with Gasteiger partial charge in [0, 0.05) is 18.9 Å². The van der Waals surface area contributed by atoms with Gasteiger partial charge in [0.25, 0.3) is 5.91 Å². The molecule has 1 saturated carbocycles.